The molecular weight excluding hydrogens is 434 g/mol. The quantitative estimate of drug-likeness (QED) is 0.395. The Bertz CT molecular complexity index is 1570. The lowest BCUT2D eigenvalue weighted by Crippen LogP contribution is -2.32. The fourth-order valence-electron chi connectivity index (χ4n) is 3.73. The van der Waals surface area contributed by atoms with E-state index < -0.39 is 11.9 Å². The first-order chi connectivity index (χ1) is 16.5. The zero-order chi connectivity index (χ0) is 23.7. The molecule has 3 heterocycles. The highest BCUT2D eigenvalue weighted by molar-refractivity contribution is 5.96. The van der Waals surface area contributed by atoms with Crippen molar-refractivity contribution in [1.82, 2.24) is 24.4 Å². The molecule has 0 aliphatic rings. The van der Waals surface area contributed by atoms with Gasteiger partial charge in [0.15, 0.2) is 11.5 Å². The highest BCUT2D eigenvalue weighted by Crippen LogP contribution is 2.37. The largest absolute Gasteiger partial charge is 0.493 e. The number of hydrogen-bond acceptors (Lipinski definition) is 6. The van der Waals surface area contributed by atoms with Crippen LogP contribution in [0.1, 0.15) is 0 Å². The van der Waals surface area contributed by atoms with Gasteiger partial charge in [0.2, 0.25) is 5.88 Å². The lowest BCUT2D eigenvalue weighted by atomic mass is 10.2. The van der Waals surface area contributed by atoms with Crippen molar-refractivity contribution in [1.29, 1.82) is 0 Å². The molecule has 2 N–H and O–H groups in total. The fraction of sp³-hybridized carbons (Fsp3) is 0.0833. The number of aryl methyl sites for hydroxylation is 1. The van der Waals surface area contributed by atoms with Crippen LogP contribution in [-0.4, -0.2) is 42.7 Å². The minimum atomic E-state index is -0.676. The number of fused-ring (bicyclic) bond motifs is 2. The van der Waals surface area contributed by atoms with Gasteiger partial charge >= 0.3 is 6.03 Å². The predicted octanol–water partition coefficient (Wildman–Crippen LogP) is 4.16. The Morgan fingerprint density at radius 2 is 1.74 bits per heavy atom. The van der Waals surface area contributed by atoms with Crippen LogP contribution in [0.5, 0.6) is 5.88 Å². The molecule has 0 saturated carbocycles. The summed E-state index contributed by atoms with van der Waals surface area (Å²) in [6.07, 6.45) is 1.61. The Hall–Kier alpha value is -4.86. The standard InChI is InChI=1S/C24H19N7O3/c1-30-18-11-4-2-8-15(18)21(23(30)33)29-28-20(32)14-26-24(34)31-19-12-5-3-9-16(19)27-22(31)17-10-6-7-13-25-17/h2-13,33H,14H2,1H3,(H,26,34). The maximum atomic E-state index is 13.0. The molecule has 0 aliphatic carbocycles. The number of para-hydroxylation sites is 3. The number of azo groups is 1. The second-order valence-corrected chi connectivity index (χ2v) is 7.48. The van der Waals surface area contributed by atoms with Gasteiger partial charge in [-0.05, 0) is 30.3 Å². The van der Waals surface area contributed by atoms with Crippen LogP contribution >= 0.6 is 0 Å². The molecular formula is C24H19N7O3. The second-order valence-electron chi connectivity index (χ2n) is 7.48. The summed E-state index contributed by atoms with van der Waals surface area (Å²) < 4.78 is 2.93. The number of rotatable bonds is 4. The summed E-state index contributed by atoms with van der Waals surface area (Å²) in [5.41, 5.74) is 2.66. The normalized spacial score (nSPS) is 11.4. The van der Waals surface area contributed by atoms with Gasteiger partial charge in [0.1, 0.15) is 12.2 Å². The average molecular weight is 453 g/mol. The number of hydrogen-bond donors (Lipinski definition) is 2. The van der Waals surface area contributed by atoms with E-state index >= 15 is 0 Å². The first-order valence-corrected chi connectivity index (χ1v) is 10.4. The van der Waals surface area contributed by atoms with Gasteiger partial charge in [-0.3, -0.25) is 9.78 Å². The number of nitrogens with zero attached hydrogens (tertiary/aromatic N) is 6. The molecule has 0 bridgehead atoms. The number of aromatic nitrogens is 4. The molecule has 10 nitrogen and oxygen atoms in total. The number of nitrogens with one attached hydrogen (secondary N) is 1. The van der Waals surface area contributed by atoms with Crippen molar-refractivity contribution in [2.45, 2.75) is 0 Å². The highest BCUT2D eigenvalue weighted by atomic mass is 16.3. The molecule has 3 aromatic heterocycles. The van der Waals surface area contributed by atoms with Crippen LogP contribution in [-0.2, 0) is 11.8 Å². The number of amides is 2. The first-order valence-electron chi connectivity index (χ1n) is 10.4. The predicted molar refractivity (Wildman–Crippen MR) is 126 cm³/mol. The monoisotopic (exact) mass is 453 g/mol. The van der Waals surface area contributed by atoms with Crippen LogP contribution < -0.4 is 5.32 Å². The molecule has 10 heteroatoms. The molecule has 0 atom stereocenters. The van der Waals surface area contributed by atoms with Gasteiger partial charge in [0.05, 0.1) is 16.6 Å². The molecule has 168 valence electrons. The van der Waals surface area contributed by atoms with Crippen molar-refractivity contribution in [3.8, 4) is 17.4 Å². The molecule has 5 rings (SSSR count). The third-order valence-electron chi connectivity index (χ3n) is 5.36. The van der Waals surface area contributed by atoms with Gasteiger partial charge in [0, 0.05) is 18.6 Å². The van der Waals surface area contributed by atoms with Crippen LogP contribution in [0.25, 0.3) is 33.5 Å². The van der Waals surface area contributed by atoms with Crippen molar-refractivity contribution >= 4 is 39.6 Å². The van der Waals surface area contributed by atoms with E-state index in [9.17, 15) is 14.7 Å². The third-order valence-corrected chi connectivity index (χ3v) is 5.36. The van der Waals surface area contributed by atoms with Crippen LogP contribution in [0.4, 0.5) is 10.5 Å². The Balaban J connectivity index is 1.37. The van der Waals surface area contributed by atoms with Crippen LogP contribution in [0.2, 0.25) is 0 Å². The van der Waals surface area contributed by atoms with Gasteiger partial charge in [-0.1, -0.05) is 36.4 Å². The maximum Gasteiger partial charge on any atom is 0.328 e. The van der Waals surface area contributed by atoms with E-state index in [1.165, 1.54) is 4.57 Å². The molecule has 2 amide bonds. The molecule has 0 unspecified atom stereocenters. The van der Waals surface area contributed by atoms with Crippen LogP contribution in [0, 0.1) is 0 Å². The summed E-state index contributed by atoms with van der Waals surface area (Å²) in [4.78, 5) is 34.2. The van der Waals surface area contributed by atoms with Crippen molar-refractivity contribution in [3.63, 3.8) is 0 Å². The molecule has 0 fully saturated rings. The summed E-state index contributed by atoms with van der Waals surface area (Å²) in [7, 11) is 1.69. The Morgan fingerprint density at radius 1 is 1.00 bits per heavy atom. The first kappa shape index (κ1) is 21.0. The lowest BCUT2D eigenvalue weighted by Gasteiger charge is -2.08. The Kier molecular flexibility index (Phi) is 5.30. The number of benzene rings is 2. The zero-order valence-electron chi connectivity index (χ0n) is 18.1. The molecule has 0 spiro atoms. The highest BCUT2D eigenvalue weighted by Gasteiger charge is 2.19. The minimum Gasteiger partial charge on any atom is -0.493 e. The minimum absolute atomic E-state index is 0.105. The average Bonchev–Trinajstić information content (AvgIpc) is 3.38. The number of aromatic hydroxyl groups is 1. The van der Waals surface area contributed by atoms with E-state index in [1.54, 1.807) is 66.3 Å². The fourth-order valence-corrected chi connectivity index (χ4v) is 3.73. The molecule has 34 heavy (non-hydrogen) atoms. The molecule has 0 saturated heterocycles. The summed E-state index contributed by atoms with van der Waals surface area (Å²) in [5, 5.41) is 21.2. The van der Waals surface area contributed by atoms with E-state index in [0.717, 1.165) is 5.52 Å². The van der Waals surface area contributed by atoms with Gasteiger partial charge in [-0.2, -0.15) is 0 Å². The van der Waals surface area contributed by atoms with Crippen molar-refractivity contribution < 1.29 is 14.7 Å². The SMILES string of the molecule is Cn1c(O)c(N=NC(=O)CNC(=O)n2c(-c3ccccn3)nc3ccccc32)c2ccccc21. The van der Waals surface area contributed by atoms with E-state index in [1.807, 2.05) is 18.2 Å². The van der Waals surface area contributed by atoms with Crippen LogP contribution in [0.3, 0.4) is 0 Å². The zero-order valence-corrected chi connectivity index (χ0v) is 18.1. The van der Waals surface area contributed by atoms with E-state index in [0.29, 0.717) is 27.9 Å². The maximum absolute atomic E-state index is 13.0. The van der Waals surface area contributed by atoms with E-state index in [-0.39, 0.29) is 18.1 Å². The van der Waals surface area contributed by atoms with Crippen molar-refractivity contribution in [3.05, 3.63) is 72.9 Å². The number of carbonyl (C=O) groups is 2. The van der Waals surface area contributed by atoms with E-state index in [4.69, 9.17) is 0 Å². The Morgan fingerprint density at radius 3 is 2.53 bits per heavy atom. The number of imidazole rings is 1. The molecule has 2 aromatic carbocycles. The summed E-state index contributed by atoms with van der Waals surface area (Å²) >= 11 is 0. The third kappa shape index (κ3) is 3.66. The summed E-state index contributed by atoms with van der Waals surface area (Å²) in [6.45, 7) is -0.387. The number of pyridine rings is 1. The smallest absolute Gasteiger partial charge is 0.328 e. The second kappa shape index (κ2) is 8.58. The van der Waals surface area contributed by atoms with E-state index in [2.05, 4.69) is 25.5 Å². The topological polar surface area (TPSA) is 127 Å². The molecule has 0 radical (unpaired) electrons. The molecule has 0 aliphatic heterocycles. The van der Waals surface area contributed by atoms with Crippen molar-refractivity contribution in [2.24, 2.45) is 17.3 Å². The molecule has 5 aromatic rings. The Labute approximate surface area is 193 Å². The lowest BCUT2D eigenvalue weighted by molar-refractivity contribution is -0.117. The van der Waals surface area contributed by atoms with Gasteiger partial charge in [-0.25, -0.2) is 14.3 Å². The van der Waals surface area contributed by atoms with Gasteiger partial charge in [-0.15, -0.1) is 10.2 Å². The summed E-state index contributed by atoms with van der Waals surface area (Å²) in [5.74, 6) is -0.426. The summed E-state index contributed by atoms with van der Waals surface area (Å²) in [6, 6.07) is 19.2. The number of carbonyl (C=O) groups excluding carboxylic acids is 2. The van der Waals surface area contributed by atoms with Gasteiger partial charge in [0.25, 0.3) is 5.91 Å². The van der Waals surface area contributed by atoms with Crippen molar-refractivity contribution in [2.75, 3.05) is 6.54 Å². The van der Waals surface area contributed by atoms with Crippen LogP contribution in [0.15, 0.2) is 83.2 Å². The van der Waals surface area contributed by atoms with Gasteiger partial charge < -0.3 is 15.0 Å².